The molecule has 0 N–H and O–H groups in total. The van der Waals surface area contributed by atoms with Crippen LogP contribution < -0.4 is 0 Å². The van der Waals surface area contributed by atoms with Gasteiger partial charge in [-0.2, -0.15) is 0 Å². The van der Waals surface area contributed by atoms with Crippen molar-refractivity contribution in [3.63, 3.8) is 0 Å². The maximum Gasteiger partial charge on any atom is 0.254 e. The Bertz CT molecular complexity index is 603. The predicted molar refractivity (Wildman–Crippen MR) is 89.4 cm³/mol. The first-order chi connectivity index (χ1) is 11.7. The number of hydrogen-bond donors (Lipinski definition) is 0. The SMILES string of the molecule is O=C(c1cccc(F)c1)N1CC[C@@H]2[C@@H]1CCN2CC1CCOCC1. The van der Waals surface area contributed by atoms with Gasteiger partial charge in [0.15, 0.2) is 0 Å². The van der Waals surface area contributed by atoms with E-state index >= 15 is 0 Å². The molecular weight excluding hydrogens is 307 g/mol. The molecule has 0 unspecified atom stereocenters. The van der Waals surface area contributed by atoms with Crippen LogP contribution >= 0.6 is 0 Å². The number of rotatable bonds is 3. The number of halogens is 1. The topological polar surface area (TPSA) is 32.8 Å². The lowest BCUT2D eigenvalue weighted by Crippen LogP contribution is -2.41. The lowest BCUT2D eigenvalue weighted by atomic mass is 9.99. The zero-order valence-electron chi connectivity index (χ0n) is 14.0. The fourth-order valence-corrected chi connectivity index (χ4v) is 4.60. The largest absolute Gasteiger partial charge is 0.381 e. The third-order valence-electron chi connectivity index (χ3n) is 5.86. The Kier molecular flexibility index (Phi) is 4.55. The van der Waals surface area contributed by atoms with Crippen molar-refractivity contribution in [2.45, 2.75) is 37.8 Å². The molecule has 0 aliphatic carbocycles. The Morgan fingerprint density at radius 1 is 1.12 bits per heavy atom. The second kappa shape index (κ2) is 6.81. The van der Waals surface area contributed by atoms with Crippen LogP contribution in [-0.2, 0) is 4.74 Å². The van der Waals surface area contributed by atoms with Gasteiger partial charge in [-0.3, -0.25) is 9.69 Å². The summed E-state index contributed by atoms with van der Waals surface area (Å²) in [7, 11) is 0. The summed E-state index contributed by atoms with van der Waals surface area (Å²) in [5.74, 6) is 0.365. The van der Waals surface area contributed by atoms with E-state index in [2.05, 4.69) is 4.90 Å². The highest BCUT2D eigenvalue weighted by Gasteiger charge is 2.44. The normalized spacial score (nSPS) is 28.3. The van der Waals surface area contributed by atoms with Gasteiger partial charge < -0.3 is 9.64 Å². The van der Waals surface area contributed by atoms with E-state index < -0.39 is 0 Å². The molecule has 3 fully saturated rings. The van der Waals surface area contributed by atoms with E-state index in [1.807, 2.05) is 4.90 Å². The molecule has 1 aromatic carbocycles. The molecule has 1 aromatic rings. The molecule has 130 valence electrons. The van der Waals surface area contributed by atoms with Crippen LogP contribution in [0, 0.1) is 11.7 Å². The summed E-state index contributed by atoms with van der Waals surface area (Å²) in [6, 6.07) is 6.83. The smallest absolute Gasteiger partial charge is 0.254 e. The van der Waals surface area contributed by atoms with Crippen LogP contribution in [-0.4, -0.2) is 60.6 Å². The third kappa shape index (κ3) is 3.07. The minimum Gasteiger partial charge on any atom is -0.381 e. The van der Waals surface area contributed by atoms with Gasteiger partial charge in [0.1, 0.15) is 5.82 Å². The van der Waals surface area contributed by atoms with Gasteiger partial charge in [-0.05, 0) is 49.8 Å². The molecule has 4 rings (SSSR count). The number of likely N-dealkylation sites (tertiary alicyclic amines) is 2. The molecule has 3 aliphatic rings. The Labute approximate surface area is 142 Å². The summed E-state index contributed by atoms with van der Waals surface area (Å²) < 4.78 is 18.9. The summed E-state index contributed by atoms with van der Waals surface area (Å²) in [5, 5.41) is 0. The van der Waals surface area contributed by atoms with E-state index in [-0.39, 0.29) is 11.7 Å². The van der Waals surface area contributed by atoms with Crippen LogP contribution in [0.3, 0.4) is 0 Å². The molecule has 0 spiro atoms. The Hall–Kier alpha value is -1.46. The number of benzene rings is 1. The molecule has 3 aliphatic heterocycles. The van der Waals surface area contributed by atoms with Crippen LogP contribution in [0.1, 0.15) is 36.0 Å². The standard InChI is InChI=1S/C19H25FN2O2/c20-16-3-1-2-15(12-16)19(23)22-9-5-17-18(22)4-8-21(17)13-14-6-10-24-11-7-14/h1-3,12,14,17-18H,4-11,13H2/t17-,18+/m1/s1. The molecule has 0 radical (unpaired) electrons. The first kappa shape index (κ1) is 16.0. The van der Waals surface area contributed by atoms with Gasteiger partial charge in [0.25, 0.3) is 5.91 Å². The Balaban J connectivity index is 1.41. The van der Waals surface area contributed by atoms with Crippen molar-refractivity contribution in [2.75, 3.05) is 32.8 Å². The summed E-state index contributed by atoms with van der Waals surface area (Å²) in [5.41, 5.74) is 0.471. The van der Waals surface area contributed by atoms with Gasteiger partial charge in [-0.25, -0.2) is 4.39 Å². The zero-order chi connectivity index (χ0) is 16.5. The van der Waals surface area contributed by atoms with Crippen molar-refractivity contribution in [3.8, 4) is 0 Å². The quantitative estimate of drug-likeness (QED) is 0.853. The second-order valence-corrected chi connectivity index (χ2v) is 7.27. The van der Waals surface area contributed by atoms with Gasteiger partial charge in [0.05, 0.1) is 0 Å². The van der Waals surface area contributed by atoms with Crippen molar-refractivity contribution < 1.29 is 13.9 Å². The summed E-state index contributed by atoms with van der Waals surface area (Å²) >= 11 is 0. The van der Waals surface area contributed by atoms with Crippen LogP contribution in [0.4, 0.5) is 4.39 Å². The number of carbonyl (C=O) groups excluding carboxylic acids is 1. The summed E-state index contributed by atoms with van der Waals surface area (Å²) in [6.07, 6.45) is 4.38. The van der Waals surface area contributed by atoms with Crippen molar-refractivity contribution in [1.82, 2.24) is 9.80 Å². The Morgan fingerprint density at radius 3 is 2.71 bits per heavy atom. The van der Waals surface area contributed by atoms with E-state index in [9.17, 15) is 9.18 Å². The lowest BCUT2D eigenvalue weighted by Gasteiger charge is -2.30. The van der Waals surface area contributed by atoms with Gasteiger partial charge in [0, 0.05) is 50.5 Å². The molecule has 2 atom stereocenters. The van der Waals surface area contributed by atoms with E-state index in [4.69, 9.17) is 4.74 Å². The molecule has 3 heterocycles. The zero-order valence-corrected chi connectivity index (χ0v) is 14.0. The highest BCUT2D eigenvalue weighted by molar-refractivity contribution is 5.94. The van der Waals surface area contributed by atoms with E-state index in [0.29, 0.717) is 17.6 Å². The fourth-order valence-electron chi connectivity index (χ4n) is 4.60. The third-order valence-corrected chi connectivity index (χ3v) is 5.86. The number of ether oxygens (including phenoxy) is 1. The van der Waals surface area contributed by atoms with Gasteiger partial charge >= 0.3 is 0 Å². The average molecular weight is 332 g/mol. The molecule has 0 bridgehead atoms. The minimum absolute atomic E-state index is 0.0186. The van der Waals surface area contributed by atoms with Crippen LogP contribution in [0.5, 0.6) is 0 Å². The number of carbonyl (C=O) groups is 1. The van der Waals surface area contributed by atoms with Crippen molar-refractivity contribution >= 4 is 5.91 Å². The highest BCUT2D eigenvalue weighted by atomic mass is 19.1. The average Bonchev–Trinajstić information content (AvgIpc) is 3.18. The number of nitrogens with zero attached hydrogens (tertiary/aromatic N) is 2. The second-order valence-electron chi connectivity index (χ2n) is 7.27. The van der Waals surface area contributed by atoms with Crippen LogP contribution in [0.25, 0.3) is 0 Å². The van der Waals surface area contributed by atoms with Crippen molar-refractivity contribution in [1.29, 1.82) is 0 Å². The first-order valence-electron chi connectivity index (χ1n) is 9.11. The van der Waals surface area contributed by atoms with Crippen molar-refractivity contribution in [2.24, 2.45) is 5.92 Å². The van der Waals surface area contributed by atoms with E-state index in [0.717, 1.165) is 64.4 Å². The first-order valence-corrected chi connectivity index (χ1v) is 9.11. The lowest BCUT2D eigenvalue weighted by molar-refractivity contribution is 0.0502. The molecule has 0 saturated carbocycles. The number of amides is 1. The molecule has 4 nitrogen and oxygen atoms in total. The maximum atomic E-state index is 13.4. The number of hydrogen-bond acceptors (Lipinski definition) is 3. The van der Waals surface area contributed by atoms with Crippen LogP contribution in [0.2, 0.25) is 0 Å². The highest BCUT2D eigenvalue weighted by Crippen LogP contribution is 2.34. The van der Waals surface area contributed by atoms with E-state index in [1.165, 1.54) is 12.1 Å². The van der Waals surface area contributed by atoms with Gasteiger partial charge in [0.2, 0.25) is 0 Å². The van der Waals surface area contributed by atoms with Gasteiger partial charge in [-0.15, -0.1) is 0 Å². The summed E-state index contributed by atoms with van der Waals surface area (Å²) in [4.78, 5) is 17.3. The molecular formula is C19H25FN2O2. The molecule has 3 saturated heterocycles. The number of fused-ring (bicyclic) bond motifs is 1. The van der Waals surface area contributed by atoms with Crippen molar-refractivity contribution in [3.05, 3.63) is 35.6 Å². The predicted octanol–water partition coefficient (Wildman–Crippen LogP) is 2.54. The Morgan fingerprint density at radius 2 is 1.92 bits per heavy atom. The molecule has 24 heavy (non-hydrogen) atoms. The molecule has 1 amide bonds. The summed E-state index contributed by atoms with van der Waals surface area (Å²) in [6.45, 7) is 4.76. The monoisotopic (exact) mass is 332 g/mol. The van der Waals surface area contributed by atoms with E-state index in [1.54, 1.807) is 12.1 Å². The van der Waals surface area contributed by atoms with Gasteiger partial charge in [-0.1, -0.05) is 6.07 Å². The minimum atomic E-state index is -0.343. The molecule has 5 heteroatoms. The van der Waals surface area contributed by atoms with Crippen LogP contribution in [0.15, 0.2) is 24.3 Å². The fraction of sp³-hybridized carbons (Fsp3) is 0.632. The maximum absolute atomic E-state index is 13.4. The molecule has 0 aromatic heterocycles.